The van der Waals surface area contributed by atoms with Crippen LogP contribution < -0.4 is 0 Å². The van der Waals surface area contributed by atoms with Gasteiger partial charge in [0.15, 0.2) is 0 Å². The Morgan fingerprint density at radius 3 is 1.02 bits per heavy atom. The first kappa shape index (κ1) is 34.5. The molecule has 0 aliphatic carbocycles. The normalized spacial score (nSPS) is 13.3. The van der Waals surface area contributed by atoms with Gasteiger partial charge in [0, 0.05) is 34.3 Å². The molecule has 0 spiro atoms. The molecule has 6 aromatic rings. The van der Waals surface area contributed by atoms with Crippen molar-refractivity contribution < 1.29 is 0 Å². The van der Waals surface area contributed by atoms with Gasteiger partial charge in [-0.2, -0.15) is 0 Å². The lowest BCUT2D eigenvalue weighted by Crippen LogP contribution is -2.16. The third-order valence-electron chi connectivity index (χ3n) is 9.69. The molecule has 2 aromatic heterocycles. The average molecular weight is 675 g/mol. The SMILES string of the molecule is CC(C)(C)c1cc(-c2cn(P(Cl)n3cc(-c4cc(C(C)(C)C)cc(C(C)(C)C)c4)c4ccccc43)c3ccccc23)cc(C(C)(C)C)c1. The fraction of sp³-hybridized carbons (Fsp3) is 0.364. The van der Waals surface area contributed by atoms with E-state index in [0.717, 1.165) is 11.0 Å². The maximum atomic E-state index is 7.70. The van der Waals surface area contributed by atoms with Crippen LogP contribution in [0.1, 0.15) is 105 Å². The summed E-state index contributed by atoms with van der Waals surface area (Å²) in [4.78, 5) is 0. The number of nitrogens with zero attached hydrogens (tertiary/aromatic N) is 2. The van der Waals surface area contributed by atoms with E-state index >= 15 is 0 Å². The maximum Gasteiger partial charge on any atom is 0.206 e. The van der Waals surface area contributed by atoms with Crippen molar-refractivity contribution in [2.24, 2.45) is 0 Å². The van der Waals surface area contributed by atoms with Crippen LogP contribution >= 0.6 is 18.8 Å². The summed E-state index contributed by atoms with van der Waals surface area (Å²) < 4.78 is 4.62. The minimum Gasteiger partial charge on any atom is -0.295 e. The number of halogens is 1. The van der Waals surface area contributed by atoms with Gasteiger partial charge in [0.05, 0.1) is 11.0 Å². The van der Waals surface area contributed by atoms with Crippen LogP contribution in [0.15, 0.2) is 97.3 Å². The lowest BCUT2D eigenvalue weighted by atomic mass is 9.79. The molecule has 0 atom stereocenters. The number of hydrogen-bond acceptors (Lipinski definition) is 0. The molecule has 0 N–H and O–H groups in total. The summed E-state index contributed by atoms with van der Waals surface area (Å²) in [5, 5.41) is 2.45. The van der Waals surface area contributed by atoms with Crippen molar-refractivity contribution in [2.75, 3.05) is 0 Å². The molecule has 4 aromatic carbocycles. The van der Waals surface area contributed by atoms with Crippen LogP contribution in [-0.2, 0) is 21.7 Å². The first-order valence-corrected chi connectivity index (χ1v) is 19.4. The van der Waals surface area contributed by atoms with Gasteiger partial charge in [-0.3, -0.25) is 8.68 Å². The molecule has 0 aliphatic heterocycles. The molecule has 0 fully saturated rings. The molecule has 0 radical (unpaired) electrons. The predicted octanol–water partition coefficient (Wildman–Crippen LogP) is 14.0. The Labute approximate surface area is 294 Å². The van der Waals surface area contributed by atoms with E-state index in [9.17, 15) is 0 Å². The van der Waals surface area contributed by atoms with Gasteiger partial charge < -0.3 is 0 Å². The van der Waals surface area contributed by atoms with Gasteiger partial charge in [-0.05, 0) is 78.4 Å². The summed E-state index contributed by atoms with van der Waals surface area (Å²) in [7, 11) is -1.32. The molecule has 2 heterocycles. The first-order valence-electron chi connectivity index (χ1n) is 17.2. The number of para-hydroxylation sites is 2. The second-order valence-electron chi connectivity index (χ2n) is 17.6. The van der Waals surface area contributed by atoms with Crippen LogP contribution in [-0.4, -0.2) is 8.68 Å². The van der Waals surface area contributed by atoms with E-state index in [4.69, 9.17) is 11.2 Å². The summed E-state index contributed by atoms with van der Waals surface area (Å²) in [6.07, 6.45) is 4.59. The number of hydrogen-bond donors (Lipinski definition) is 0. The molecule has 0 saturated heterocycles. The molecule has 4 heteroatoms. The van der Waals surface area contributed by atoms with Crippen LogP contribution in [0, 0.1) is 0 Å². The largest absolute Gasteiger partial charge is 0.295 e. The number of aromatic nitrogens is 2. The van der Waals surface area contributed by atoms with Gasteiger partial charge >= 0.3 is 0 Å². The predicted molar refractivity (Wildman–Crippen MR) is 213 cm³/mol. The van der Waals surface area contributed by atoms with Gasteiger partial charge in [-0.25, -0.2) is 0 Å². The maximum absolute atomic E-state index is 7.70. The second-order valence-corrected chi connectivity index (χ2v) is 19.9. The number of fused-ring (bicyclic) bond motifs is 2. The fourth-order valence-electron chi connectivity index (χ4n) is 6.46. The van der Waals surface area contributed by atoms with E-state index in [1.54, 1.807) is 0 Å². The average Bonchev–Trinajstić information content (AvgIpc) is 3.58. The zero-order chi connectivity index (χ0) is 35.0. The van der Waals surface area contributed by atoms with Gasteiger partial charge in [0.1, 0.15) is 0 Å². The van der Waals surface area contributed by atoms with E-state index in [1.807, 2.05) is 0 Å². The Balaban J connectivity index is 1.56. The topological polar surface area (TPSA) is 9.86 Å². The molecule has 0 saturated carbocycles. The molecule has 2 nitrogen and oxygen atoms in total. The highest BCUT2D eigenvalue weighted by Crippen LogP contribution is 2.53. The molecule has 0 aliphatic rings. The zero-order valence-electron chi connectivity index (χ0n) is 31.0. The van der Waals surface area contributed by atoms with Crippen molar-refractivity contribution in [3.8, 4) is 22.3 Å². The van der Waals surface area contributed by atoms with Crippen LogP contribution in [0.25, 0.3) is 44.1 Å². The summed E-state index contributed by atoms with van der Waals surface area (Å²) in [6, 6.07) is 31.8. The quantitative estimate of drug-likeness (QED) is 0.165. The van der Waals surface area contributed by atoms with E-state index in [0.29, 0.717) is 0 Å². The van der Waals surface area contributed by atoms with Crippen molar-refractivity contribution in [2.45, 2.75) is 105 Å². The molecule has 0 bridgehead atoms. The van der Waals surface area contributed by atoms with Crippen LogP contribution in [0.5, 0.6) is 0 Å². The van der Waals surface area contributed by atoms with Crippen molar-refractivity contribution in [3.63, 3.8) is 0 Å². The third kappa shape index (κ3) is 6.51. The lowest BCUT2D eigenvalue weighted by molar-refractivity contribution is 0.568. The Hall–Kier alpha value is -3.32. The summed E-state index contributed by atoms with van der Waals surface area (Å²) in [6.45, 7) is 27.6. The fourth-order valence-corrected chi connectivity index (χ4v) is 8.54. The number of benzene rings is 4. The van der Waals surface area contributed by atoms with Gasteiger partial charge in [0.2, 0.25) is 7.58 Å². The molecule has 250 valence electrons. The zero-order valence-corrected chi connectivity index (χ0v) is 32.6. The highest BCUT2D eigenvalue weighted by molar-refractivity contribution is 7.81. The highest BCUT2D eigenvalue weighted by Gasteiger charge is 2.26. The first-order chi connectivity index (χ1) is 22.2. The van der Waals surface area contributed by atoms with Crippen molar-refractivity contribution in [1.29, 1.82) is 0 Å². The highest BCUT2D eigenvalue weighted by atomic mass is 35.7. The van der Waals surface area contributed by atoms with E-state index in [2.05, 4.69) is 189 Å². The standard InChI is InChI=1S/C44H52ClN2P/c1-41(2,3)31-21-29(22-32(25-31)42(4,5)6)37-27-46(39-19-15-13-17-35(37)39)48(45)47-28-38(36-18-14-16-20-40(36)47)30-23-33(43(7,8)9)26-34(24-30)44(10,11)12/h13-28H,1-12H3. The van der Waals surface area contributed by atoms with E-state index < -0.39 is 7.58 Å². The Kier molecular flexibility index (Phi) is 8.58. The van der Waals surface area contributed by atoms with Crippen molar-refractivity contribution in [1.82, 2.24) is 8.68 Å². The molecule has 48 heavy (non-hydrogen) atoms. The van der Waals surface area contributed by atoms with Crippen molar-refractivity contribution >= 4 is 40.6 Å². The van der Waals surface area contributed by atoms with E-state index in [1.165, 1.54) is 55.3 Å². The molecule has 0 unspecified atom stereocenters. The third-order valence-corrected chi connectivity index (χ3v) is 12.0. The van der Waals surface area contributed by atoms with Crippen LogP contribution in [0.4, 0.5) is 0 Å². The number of rotatable bonds is 4. The van der Waals surface area contributed by atoms with Crippen LogP contribution in [0.3, 0.4) is 0 Å². The van der Waals surface area contributed by atoms with Crippen LogP contribution in [0.2, 0.25) is 0 Å². The smallest absolute Gasteiger partial charge is 0.206 e. The van der Waals surface area contributed by atoms with Crippen molar-refractivity contribution in [3.05, 3.63) is 120 Å². The summed E-state index contributed by atoms with van der Waals surface area (Å²) in [5.41, 5.74) is 12.8. The molecule has 6 rings (SSSR count). The molecular weight excluding hydrogens is 623 g/mol. The lowest BCUT2D eigenvalue weighted by Gasteiger charge is -2.26. The minimum absolute atomic E-state index is 0.0328. The second kappa shape index (κ2) is 11.9. The minimum atomic E-state index is -1.32. The molecule has 0 amide bonds. The Bertz CT molecular complexity index is 1920. The van der Waals surface area contributed by atoms with E-state index in [-0.39, 0.29) is 21.7 Å². The summed E-state index contributed by atoms with van der Waals surface area (Å²) in [5.74, 6) is 0. The monoisotopic (exact) mass is 674 g/mol. The Morgan fingerprint density at radius 1 is 0.438 bits per heavy atom. The van der Waals surface area contributed by atoms with Gasteiger partial charge in [-0.15, -0.1) is 0 Å². The van der Waals surface area contributed by atoms with Gasteiger partial charge in [0.25, 0.3) is 0 Å². The molecular formula is C44H52ClN2P. The van der Waals surface area contributed by atoms with Gasteiger partial charge in [-0.1, -0.05) is 156 Å². The Morgan fingerprint density at radius 2 is 0.729 bits per heavy atom. The summed E-state index contributed by atoms with van der Waals surface area (Å²) >= 11 is 7.70.